The molecule has 1 amide bonds. The summed E-state index contributed by atoms with van der Waals surface area (Å²) in [5.74, 6) is -0.992. The molecule has 162 valence electrons. The van der Waals surface area contributed by atoms with Gasteiger partial charge in [0.2, 0.25) is 5.91 Å². The van der Waals surface area contributed by atoms with Gasteiger partial charge in [0.05, 0.1) is 18.1 Å². The molecule has 0 aromatic heterocycles. The molecule has 4 rings (SSSR count). The average molecular weight is 424 g/mol. The molecule has 4 atom stereocenters. The molecule has 0 saturated carbocycles. The Morgan fingerprint density at radius 3 is 2.48 bits per heavy atom. The Balaban J connectivity index is 1.38. The van der Waals surface area contributed by atoms with Crippen LogP contribution in [-0.4, -0.2) is 82.0 Å². The summed E-state index contributed by atoms with van der Waals surface area (Å²) in [7, 11) is 0. The minimum Gasteiger partial charge on any atom is -0.477 e. The lowest BCUT2D eigenvalue weighted by Gasteiger charge is -2.46. The van der Waals surface area contributed by atoms with Crippen molar-refractivity contribution in [3.8, 4) is 0 Å². The highest BCUT2D eigenvalue weighted by molar-refractivity contribution is 8.03. The van der Waals surface area contributed by atoms with Crippen LogP contribution in [0.2, 0.25) is 0 Å². The van der Waals surface area contributed by atoms with E-state index in [-0.39, 0.29) is 23.6 Å². The second-order valence-electron chi connectivity index (χ2n) is 9.08. The molecule has 0 unspecified atom stereocenters. The zero-order valence-electron chi connectivity index (χ0n) is 17.3. The van der Waals surface area contributed by atoms with Crippen LogP contribution >= 0.6 is 11.8 Å². The van der Waals surface area contributed by atoms with Crippen molar-refractivity contribution in [2.45, 2.75) is 56.9 Å². The first kappa shape index (κ1) is 21.2. The fourth-order valence-corrected chi connectivity index (χ4v) is 6.95. The molecule has 8 heteroatoms. The van der Waals surface area contributed by atoms with Crippen molar-refractivity contribution in [2.75, 3.05) is 32.7 Å². The van der Waals surface area contributed by atoms with Crippen molar-refractivity contribution in [3.05, 3.63) is 10.6 Å². The fourth-order valence-electron chi connectivity index (χ4n) is 5.50. The number of aliphatic hydroxyl groups excluding tert-OH is 1. The number of nitrogens with zero attached hydrogens (tertiary/aromatic N) is 2. The van der Waals surface area contributed by atoms with Gasteiger partial charge >= 0.3 is 5.97 Å². The number of fused-ring (bicyclic) bond motifs is 1. The first-order valence-corrected chi connectivity index (χ1v) is 11.8. The summed E-state index contributed by atoms with van der Waals surface area (Å²) in [6.45, 7) is 9.19. The number of carbonyl (C=O) groups is 2. The zero-order chi connectivity index (χ0) is 20.7. The van der Waals surface area contributed by atoms with E-state index in [1.165, 1.54) is 24.3 Å². The summed E-state index contributed by atoms with van der Waals surface area (Å²) in [5, 5.41) is 23.6. The highest BCUT2D eigenvalue weighted by Gasteiger charge is 2.60. The first-order chi connectivity index (χ1) is 13.9. The number of amides is 1. The molecule has 3 saturated heterocycles. The fraction of sp³-hybridized carbons (Fsp3) is 0.810. The molecule has 0 aromatic rings. The van der Waals surface area contributed by atoms with Gasteiger partial charge in [0, 0.05) is 22.6 Å². The van der Waals surface area contributed by atoms with Crippen LogP contribution in [0.25, 0.3) is 0 Å². The predicted octanol–water partition coefficient (Wildman–Crippen LogP) is 1.34. The van der Waals surface area contributed by atoms with E-state index in [0.29, 0.717) is 5.25 Å². The maximum atomic E-state index is 12.5. The number of carboxylic acids is 1. The Bertz CT molecular complexity index is 683. The van der Waals surface area contributed by atoms with Crippen LogP contribution in [0.4, 0.5) is 0 Å². The van der Waals surface area contributed by atoms with E-state index in [2.05, 4.69) is 10.2 Å². The predicted molar refractivity (Wildman–Crippen MR) is 112 cm³/mol. The van der Waals surface area contributed by atoms with Crippen molar-refractivity contribution < 1.29 is 19.8 Å². The van der Waals surface area contributed by atoms with Gasteiger partial charge in [-0.1, -0.05) is 6.92 Å². The lowest BCUT2D eigenvalue weighted by atomic mass is 9.79. The SMILES string of the molecule is C[C@@H](O)[C@H]1C(=O)N2C(C(=O)O)=C(SC3CCN(CC4CCNCC4)CC3)[C@H](C)[C@H]12. The highest BCUT2D eigenvalue weighted by atomic mass is 32.2. The molecular weight excluding hydrogens is 390 g/mol. The standard InChI is InChI=1S/C21H33N3O4S/c1-12-17-16(13(2)25)20(26)24(17)18(21(27)28)19(12)29-15-5-9-23(10-6-15)11-14-3-7-22-8-4-14/h12-17,22,25H,3-11H2,1-2H3,(H,27,28)/t12-,13-,16-,17-/m1/s1. The van der Waals surface area contributed by atoms with Crippen molar-refractivity contribution in [1.82, 2.24) is 15.1 Å². The molecule has 0 aromatic carbocycles. The first-order valence-electron chi connectivity index (χ1n) is 11.0. The molecule has 0 bridgehead atoms. The minimum absolute atomic E-state index is 0.0313. The van der Waals surface area contributed by atoms with Crippen molar-refractivity contribution in [1.29, 1.82) is 0 Å². The topological polar surface area (TPSA) is 93.1 Å². The van der Waals surface area contributed by atoms with Gasteiger partial charge in [0.15, 0.2) is 0 Å². The third kappa shape index (κ3) is 3.96. The minimum atomic E-state index is -1.03. The number of hydrogen-bond acceptors (Lipinski definition) is 6. The van der Waals surface area contributed by atoms with Gasteiger partial charge in [-0.25, -0.2) is 4.79 Å². The Morgan fingerprint density at radius 1 is 1.24 bits per heavy atom. The zero-order valence-corrected chi connectivity index (χ0v) is 18.2. The Morgan fingerprint density at radius 2 is 1.90 bits per heavy atom. The van der Waals surface area contributed by atoms with E-state index >= 15 is 0 Å². The summed E-state index contributed by atoms with van der Waals surface area (Å²) in [6.07, 6.45) is 3.88. The monoisotopic (exact) mass is 423 g/mol. The molecule has 0 aliphatic carbocycles. The van der Waals surface area contributed by atoms with E-state index in [0.717, 1.165) is 49.8 Å². The molecule has 0 radical (unpaired) electrons. The van der Waals surface area contributed by atoms with Gasteiger partial charge in [-0.3, -0.25) is 4.79 Å². The number of thioether (sulfide) groups is 1. The number of carbonyl (C=O) groups excluding carboxylic acids is 1. The number of nitrogens with one attached hydrogen (secondary N) is 1. The Hall–Kier alpha value is -1.09. The van der Waals surface area contributed by atoms with E-state index < -0.39 is 18.0 Å². The summed E-state index contributed by atoms with van der Waals surface area (Å²) < 4.78 is 0. The van der Waals surface area contributed by atoms with Gasteiger partial charge in [-0.2, -0.15) is 0 Å². The lowest BCUT2D eigenvalue weighted by Crippen LogP contribution is -2.63. The molecule has 4 aliphatic rings. The smallest absolute Gasteiger partial charge is 0.353 e. The maximum Gasteiger partial charge on any atom is 0.353 e. The number of piperidine rings is 2. The van der Waals surface area contributed by atoms with Gasteiger partial charge < -0.3 is 25.3 Å². The summed E-state index contributed by atoms with van der Waals surface area (Å²) >= 11 is 1.67. The second-order valence-corrected chi connectivity index (χ2v) is 10.4. The van der Waals surface area contributed by atoms with Gasteiger partial charge in [-0.05, 0) is 64.7 Å². The van der Waals surface area contributed by atoms with Crippen LogP contribution in [0, 0.1) is 17.8 Å². The molecule has 29 heavy (non-hydrogen) atoms. The van der Waals surface area contributed by atoms with Crippen molar-refractivity contribution >= 4 is 23.6 Å². The van der Waals surface area contributed by atoms with Gasteiger partial charge in [0.1, 0.15) is 5.70 Å². The van der Waals surface area contributed by atoms with Crippen LogP contribution in [-0.2, 0) is 9.59 Å². The molecule has 4 heterocycles. The molecular formula is C21H33N3O4S. The lowest BCUT2D eigenvalue weighted by molar-refractivity contribution is -0.163. The quantitative estimate of drug-likeness (QED) is 0.555. The largest absolute Gasteiger partial charge is 0.477 e. The molecule has 7 nitrogen and oxygen atoms in total. The van der Waals surface area contributed by atoms with E-state index in [1.807, 2.05) is 6.92 Å². The average Bonchev–Trinajstić information content (AvgIpc) is 2.93. The summed E-state index contributed by atoms with van der Waals surface area (Å²) in [4.78, 5) is 29.2. The Labute approximate surface area is 176 Å². The van der Waals surface area contributed by atoms with Gasteiger partial charge in [-0.15, -0.1) is 11.8 Å². The number of rotatable bonds is 6. The number of β-lactam (4-membered cyclic amide) rings is 1. The third-order valence-electron chi connectivity index (χ3n) is 7.11. The number of likely N-dealkylation sites (tertiary alicyclic amines) is 1. The molecule has 3 N–H and O–H groups in total. The van der Waals surface area contributed by atoms with E-state index in [1.54, 1.807) is 18.7 Å². The van der Waals surface area contributed by atoms with Crippen LogP contribution < -0.4 is 5.32 Å². The second kappa shape index (κ2) is 8.57. The van der Waals surface area contributed by atoms with Crippen LogP contribution in [0.15, 0.2) is 10.6 Å². The van der Waals surface area contributed by atoms with E-state index in [9.17, 15) is 19.8 Å². The van der Waals surface area contributed by atoms with E-state index in [4.69, 9.17) is 0 Å². The van der Waals surface area contributed by atoms with Crippen LogP contribution in [0.1, 0.15) is 39.5 Å². The molecule has 0 spiro atoms. The van der Waals surface area contributed by atoms with Crippen LogP contribution in [0.3, 0.4) is 0 Å². The number of hydrogen-bond donors (Lipinski definition) is 3. The molecule has 4 aliphatic heterocycles. The number of aliphatic carboxylic acids is 1. The number of carboxylic acid groups (broad SMARTS) is 1. The van der Waals surface area contributed by atoms with Crippen LogP contribution in [0.5, 0.6) is 0 Å². The van der Waals surface area contributed by atoms with Crippen molar-refractivity contribution in [2.24, 2.45) is 17.8 Å². The summed E-state index contributed by atoms with van der Waals surface area (Å²) in [6, 6.07) is -0.212. The molecule has 3 fully saturated rings. The van der Waals surface area contributed by atoms with Crippen molar-refractivity contribution in [3.63, 3.8) is 0 Å². The highest BCUT2D eigenvalue weighted by Crippen LogP contribution is 2.52. The summed E-state index contributed by atoms with van der Waals surface area (Å²) in [5.41, 5.74) is 0.159. The van der Waals surface area contributed by atoms with Gasteiger partial charge in [0.25, 0.3) is 0 Å². The maximum absolute atomic E-state index is 12.5. The Kier molecular flexibility index (Phi) is 6.25. The third-order valence-corrected chi connectivity index (χ3v) is 8.74. The normalized spacial score (nSPS) is 33.0. The number of aliphatic hydroxyl groups is 1.